The highest BCUT2D eigenvalue weighted by Crippen LogP contribution is 2.38. The van der Waals surface area contributed by atoms with E-state index < -0.39 is 0 Å². The molecule has 1 aliphatic carbocycles. The number of fused-ring (bicyclic) bond motifs is 1. The van der Waals surface area contributed by atoms with Gasteiger partial charge in [-0.1, -0.05) is 13.0 Å². The van der Waals surface area contributed by atoms with Crippen molar-refractivity contribution in [1.29, 1.82) is 0 Å². The van der Waals surface area contributed by atoms with Gasteiger partial charge in [-0.15, -0.1) is 0 Å². The van der Waals surface area contributed by atoms with E-state index in [2.05, 4.69) is 10.6 Å². The number of carbonyl (C=O) groups excluding carboxylic acids is 2. The van der Waals surface area contributed by atoms with Crippen LogP contribution in [-0.2, 0) is 18.9 Å². The zero-order valence-corrected chi connectivity index (χ0v) is 16.0. The predicted molar refractivity (Wildman–Crippen MR) is 108 cm³/mol. The Kier molecular flexibility index (Phi) is 4.30. The van der Waals surface area contributed by atoms with Crippen molar-refractivity contribution in [3.05, 3.63) is 58.5 Å². The lowest BCUT2D eigenvalue weighted by Gasteiger charge is -2.09. The first-order valence-corrected chi connectivity index (χ1v) is 9.23. The molecule has 1 saturated carbocycles. The van der Waals surface area contributed by atoms with Gasteiger partial charge >= 0.3 is 5.69 Å². The summed E-state index contributed by atoms with van der Waals surface area (Å²) in [6.07, 6.45) is 0.913. The number of nitrogens with zero attached hydrogens (tertiary/aromatic N) is 2. The standard InChI is InChI=1S/C21H22N4O3/c1-12-9-16(12)20(27)23-14-6-4-5-13(10-14)19(26)22-15-7-8-17-18(11-15)25(3)21(28)24(17)2/h4-8,10-12,16H,9H2,1-3H3,(H,22,26)(H,23,27)/t12-,16-/m1/s1. The Labute approximate surface area is 162 Å². The van der Waals surface area contributed by atoms with Crippen molar-refractivity contribution in [3.63, 3.8) is 0 Å². The average Bonchev–Trinajstić information content (AvgIpc) is 3.38. The molecule has 0 radical (unpaired) electrons. The van der Waals surface area contributed by atoms with Gasteiger partial charge in [-0.3, -0.25) is 18.7 Å². The first kappa shape index (κ1) is 18.0. The second-order valence-electron chi connectivity index (χ2n) is 7.45. The highest BCUT2D eigenvalue weighted by Gasteiger charge is 2.39. The van der Waals surface area contributed by atoms with Crippen LogP contribution in [0.5, 0.6) is 0 Å². The number of carbonyl (C=O) groups is 2. The van der Waals surface area contributed by atoms with Crippen molar-refractivity contribution < 1.29 is 9.59 Å². The number of benzene rings is 2. The van der Waals surface area contributed by atoms with E-state index in [0.717, 1.165) is 17.5 Å². The quantitative estimate of drug-likeness (QED) is 0.732. The van der Waals surface area contributed by atoms with E-state index in [0.29, 0.717) is 22.9 Å². The van der Waals surface area contributed by atoms with Crippen LogP contribution in [0.15, 0.2) is 47.3 Å². The molecule has 4 rings (SSSR count). The Bertz CT molecular complexity index is 1160. The van der Waals surface area contributed by atoms with Crippen molar-refractivity contribution in [2.45, 2.75) is 13.3 Å². The van der Waals surface area contributed by atoms with Gasteiger partial charge in [0.25, 0.3) is 5.91 Å². The first-order valence-electron chi connectivity index (χ1n) is 9.23. The Morgan fingerprint density at radius 1 is 0.964 bits per heavy atom. The molecule has 1 aromatic heterocycles. The molecule has 3 aromatic rings. The van der Waals surface area contributed by atoms with E-state index in [1.807, 2.05) is 6.92 Å². The van der Waals surface area contributed by atoms with Crippen LogP contribution in [0.1, 0.15) is 23.7 Å². The summed E-state index contributed by atoms with van der Waals surface area (Å²) in [6, 6.07) is 12.2. The molecule has 0 saturated heterocycles. The number of hydrogen-bond donors (Lipinski definition) is 2. The van der Waals surface area contributed by atoms with E-state index in [1.54, 1.807) is 65.7 Å². The van der Waals surface area contributed by atoms with Gasteiger partial charge in [-0.25, -0.2) is 4.79 Å². The molecule has 2 atom stereocenters. The van der Waals surface area contributed by atoms with Crippen LogP contribution in [-0.4, -0.2) is 20.9 Å². The number of nitrogens with one attached hydrogen (secondary N) is 2. The van der Waals surface area contributed by atoms with Crippen molar-refractivity contribution in [2.24, 2.45) is 25.9 Å². The predicted octanol–water partition coefficient (Wildman–Crippen LogP) is 2.72. The number of aryl methyl sites for hydroxylation is 2. The molecule has 7 heteroatoms. The van der Waals surface area contributed by atoms with Gasteiger partial charge in [0.15, 0.2) is 0 Å². The minimum atomic E-state index is -0.281. The molecule has 1 aliphatic rings. The molecule has 2 aromatic carbocycles. The molecular weight excluding hydrogens is 356 g/mol. The minimum Gasteiger partial charge on any atom is -0.326 e. The summed E-state index contributed by atoms with van der Waals surface area (Å²) in [7, 11) is 3.41. The topological polar surface area (TPSA) is 85.1 Å². The molecule has 2 amide bonds. The third-order valence-corrected chi connectivity index (χ3v) is 5.37. The van der Waals surface area contributed by atoms with Gasteiger partial charge in [0, 0.05) is 37.0 Å². The minimum absolute atomic E-state index is 0.000467. The van der Waals surface area contributed by atoms with Gasteiger partial charge in [0.2, 0.25) is 5.91 Å². The lowest BCUT2D eigenvalue weighted by atomic mass is 10.1. The van der Waals surface area contributed by atoms with Crippen LogP contribution >= 0.6 is 0 Å². The fourth-order valence-electron chi connectivity index (χ4n) is 3.45. The summed E-state index contributed by atoms with van der Waals surface area (Å²) in [6.45, 7) is 2.05. The van der Waals surface area contributed by atoms with E-state index in [-0.39, 0.29) is 23.4 Å². The third-order valence-electron chi connectivity index (χ3n) is 5.37. The van der Waals surface area contributed by atoms with E-state index in [1.165, 1.54) is 0 Å². The van der Waals surface area contributed by atoms with Gasteiger partial charge in [0.1, 0.15) is 0 Å². The Morgan fingerprint density at radius 3 is 2.36 bits per heavy atom. The summed E-state index contributed by atoms with van der Waals surface area (Å²) in [4.78, 5) is 36.8. The number of hydrogen-bond acceptors (Lipinski definition) is 3. The van der Waals surface area contributed by atoms with Crippen molar-refractivity contribution in [3.8, 4) is 0 Å². The number of imidazole rings is 1. The zero-order chi connectivity index (χ0) is 20.0. The van der Waals surface area contributed by atoms with Crippen LogP contribution in [0.2, 0.25) is 0 Å². The van der Waals surface area contributed by atoms with Crippen molar-refractivity contribution in [2.75, 3.05) is 10.6 Å². The second-order valence-corrected chi connectivity index (χ2v) is 7.45. The summed E-state index contributed by atoms with van der Waals surface area (Å²) in [5, 5.41) is 5.73. The number of aromatic nitrogens is 2. The average molecular weight is 378 g/mol. The molecule has 7 nitrogen and oxygen atoms in total. The molecule has 0 spiro atoms. The van der Waals surface area contributed by atoms with E-state index in [9.17, 15) is 14.4 Å². The number of amides is 2. The Morgan fingerprint density at radius 2 is 1.64 bits per heavy atom. The van der Waals surface area contributed by atoms with E-state index in [4.69, 9.17) is 0 Å². The second kappa shape index (κ2) is 6.67. The SMILES string of the molecule is C[C@@H]1C[C@H]1C(=O)Nc1cccc(C(=O)Nc2ccc3c(c2)n(C)c(=O)n3C)c1. The largest absolute Gasteiger partial charge is 0.328 e. The highest BCUT2D eigenvalue weighted by atomic mass is 16.2. The summed E-state index contributed by atoms with van der Waals surface area (Å²) in [5.41, 5.74) is 3.07. The van der Waals surface area contributed by atoms with Gasteiger partial charge in [-0.2, -0.15) is 0 Å². The van der Waals surface area contributed by atoms with Gasteiger partial charge in [0.05, 0.1) is 11.0 Å². The molecule has 1 fully saturated rings. The Balaban J connectivity index is 1.53. The molecule has 144 valence electrons. The summed E-state index contributed by atoms with van der Waals surface area (Å²) < 4.78 is 3.10. The fraction of sp³-hybridized carbons (Fsp3) is 0.286. The van der Waals surface area contributed by atoms with Crippen molar-refractivity contribution in [1.82, 2.24) is 9.13 Å². The monoisotopic (exact) mass is 378 g/mol. The number of rotatable bonds is 4. The molecule has 2 N–H and O–H groups in total. The third kappa shape index (κ3) is 3.19. The summed E-state index contributed by atoms with van der Waals surface area (Å²) >= 11 is 0. The summed E-state index contributed by atoms with van der Waals surface area (Å²) in [5.74, 6) is 0.216. The normalized spacial score (nSPS) is 18.1. The fourth-order valence-corrected chi connectivity index (χ4v) is 3.45. The van der Waals surface area contributed by atoms with Crippen LogP contribution in [0.4, 0.5) is 11.4 Å². The van der Waals surface area contributed by atoms with Gasteiger partial charge in [-0.05, 0) is 48.7 Å². The van der Waals surface area contributed by atoms with E-state index >= 15 is 0 Å². The van der Waals surface area contributed by atoms with Crippen LogP contribution in [0, 0.1) is 11.8 Å². The highest BCUT2D eigenvalue weighted by molar-refractivity contribution is 6.06. The molecule has 1 heterocycles. The lowest BCUT2D eigenvalue weighted by Crippen LogP contribution is -2.19. The van der Waals surface area contributed by atoms with Gasteiger partial charge < -0.3 is 10.6 Å². The zero-order valence-electron chi connectivity index (χ0n) is 16.0. The molecule has 28 heavy (non-hydrogen) atoms. The Hall–Kier alpha value is -3.35. The van der Waals surface area contributed by atoms with Crippen LogP contribution in [0.25, 0.3) is 11.0 Å². The maximum absolute atomic E-state index is 12.6. The maximum atomic E-state index is 12.6. The van der Waals surface area contributed by atoms with Crippen molar-refractivity contribution >= 4 is 34.2 Å². The number of anilines is 2. The molecule has 0 aliphatic heterocycles. The molecular formula is C21H22N4O3. The smallest absolute Gasteiger partial charge is 0.326 e. The molecule has 0 unspecified atom stereocenters. The lowest BCUT2D eigenvalue weighted by molar-refractivity contribution is -0.117. The maximum Gasteiger partial charge on any atom is 0.328 e. The first-order chi connectivity index (χ1) is 13.3. The van der Waals surface area contributed by atoms with Crippen LogP contribution < -0.4 is 16.3 Å². The van der Waals surface area contributed by atoms with Crippen LogP contribution in [0.3, 0.4) is 0 Å². The molecule has 0 bridgehead atoms.